The molecule has 0 saturated carbocycles. The fourth-order valence-corrected chi connectivity index (χ4v) is 2.04. The number of ketones is 1. The zero-order chi connectivity index (χ0) is 12.3. The van der Waals surface area contributed by atoms with Crippen molar-refractivity contribution in [2.45, 2.75) is 25.5 Å². The number of aliphatic hydroxyl groups excluding tert-OH is 1. The van der Waals surface area contributed by atoms with Crippen LogP contribution in [0.25, 0.3) is 0 Å². The number of piperidine rings is 1. The first-order valence-electron chi connectivity index (χ1n) is 5.87. The Kier molecular flexibility index (Phi) is 3.86. The Bertz CT molecular complexity index is 398. The molecule has 0 spiro atoms. The summed E-state index contributed by atoms with van der Waals surface area (Å²) >= 11 is 0. The zero-order valence-corrected chi connectivity index (χ0v) is 9.80. The Morgan fingerprint density at radius 3 is 2.88 bits per heavy atom. The Morgan fingerprint density at radius 1 is 1.53 bits per heavy atom. The lowest BCUT2D eigenvalue weighted by molar-refractivity contribution is 0.0786. The molecule has 17 heavy (non-hydrogen) atoms. The molecule has 0 amide bonds. The zero-order valence-electron chi connectivity index (χ0n) is 9.80. The first-order valence-corrected chi connectivity index (χ1v) is 5.87. The number of Topliss-reactive ketones (excluding diaryl/α,β-unsaturated/α-hetero) is 1. The van der Waals surface area contributed by atoms with Crippen molar-refractivity contribution in [3.63, 3.8) is 0 Å². The van der Waals surface area contributed by atoms with Crippen LogP contribution >= 0.6 is 0 Å². The number of nitrogens with zero attached hydrogens (tertiary/aromatic N) is 2. The second-order valence-electron chi connectivity index (χ2n) is 4.47. The molecule has 1 aliphatic rings. The van der Waals surface area contributed by atoms with Crippen LogP contribution in [0.2, 0.25) is 0 Å². The molecule has 0 unspecified atom stereocenters. The van der Waals surface area contributed by atoms with Crippen LogP contribution in [-0.4, -0.2) is 40.0 Å². The van der Waals surface area contributed by atoms with Crippen molar-refractivity contribution in [3.8, 4) is 0 Å². The van der Waals surface area contributed by atoms with E-state index in [2.05, 4.69) is 16.8 Å². The monoisotopic (exact) mass is 233 g/mol. The van der Waals surface area contributed by atoms with E-state index >= 15 is 0 Å². The summed E-state index contributed by atoms with van der Waals surface area (Å²) in [5.41, 5.74) is 1.49. The summed E-state index contributed by atoms with van der Waals surface area (Å²) in [6, 6.07) is 3.47. The van der Waals surface area contributed by atoms with Crippen LogP contribution in [0.5, 0.6) is 0 Å². The molecule has 4 heteroatoms. The summed E-state index contributed by atoms with van der Waals surface area (Å²) in [6.45, 7) is 5.88. The number of hydrogen-bond acceptors (Lipinski definition) is 4. The molecular formula is C13H17N2O2. The van der Waals surface area contributed by atoms with E-state index in [1.165, 1.54) is 0 Å². The predicted octanol–water partition coefficient (Wildman–Crippen LogP) is 1.06. The highest BCUT2D eigenvalue weighted by Crippen LogP contribution is 2.13. The van der Waals surface area contributed by atoms with Gasteiger partial charge in [0.25, 0.3) is 0 Å². The minimum atomic E-state index is -0.178. The van der Waals surface area contributed by atoms with Crippen molar-refractivity contribution < 1.29 is 9.90 Å². The fourth-order valence-electron chi connectivity index (χ4n) is 2.04. The van der Waals surface area contributed by atoms with Crippen molar-refractivity contribution in [3.05, 3.63) is 36.5 Å². The number of hydrogen-bond donors (Lipinski definition) is 1. The Labute approximate surface area is 101 Å². The first kappa shape index (κ1) is 12.2. The van der Waals surface area contributed by atoms with Gasteiger partial charge in [-0.15, -0.1) is 0 Å². The van der Waals surface area contributed by atoms with Gasteiger partial charge in [-0.1, -0.05) is 0 Å². The SMILES string of the molecule is [CH2]C(=O)c1ccnc(CN2CCC(O)CC2)c1. The fraction of sp³-hybridized carbons (Fsp3) is 0.462. The lowest BCUT2D eigenvalue weighted by Gasteiger charge is -2.29. The van der Waals surface area contributed by atoms with Gasteiger partial charge in [-0.05, 0) is 25.0 Å². The summed E-state index contributed by atoms with van der Waals surface area (Å²) in [4.78, 5) is 17.6. The average molecular weight is 233 g/mol. The van der Waals surface area contributed by atoms with Gasteiger partial charge in [-0.25, -0.2) is 0 Å². The molecule has 0 aromatic carbocycles. The quantitative estimate of drug-likeness (QED) is 0.793. The van der Waals surface area contributed by atoms with Crippen molar-refractivity contribution in [2.75, 3.05) is 13.1 Å². The van der Waals surface area contributed by atoms with E-state index in [0.29, 0.717) is 5.56 Å². The van der Waals surface area contributed by atoms with Gasteiger partial charge in [-0.3, -0.25) is 14.7 Å². The molecule has 1 fully saturated rings. The van der Waals surface area contributed by atoms with E-state index in [-0.39, 0.29) is 11.9 Å². The highest BCUT2D eigenvalue weighted by molar-refractivity contribution is 5.99. The van der Waals surface area contributed by atoms with Crippen molar-refractivity contribution in [1.29, 1.82) is 0 Å². The molecule has 2 rings (SSSR count). The maximum absolute atomic E-state index is 11.1. The molecule has 2 heterocycles. The molecule has 0 atom stereocenters. The smallest absolute Gasteiger partial charge is 0.163 e. The summed E-state index contributed by atoms with van der Waals surface area (Å²) in [7, 11) is 0. The second-order valence-corrected chi connectivity index (χ2v) is 4.47. The highest BCUT2D eigenvalue weighted by atomic mass is 16.3. The van der Waals surface area contributed by atoms with Gasteiger partial charge in [0.05, 0.1) is 11.8 Å². The van der Waals surface area contributed by atoms with Gasteiger partial charge >= 0.3 is 0 Å². The molecule has 1 aromatic heterocycles. The molecule has 1 N–H and O–H groups in total. The molecule has 1 radical (unpaired) electrons. The van der Waals surface area contributed by atoms with E-state index in [1.54, 1.807) is 18.3 Å². The number of aromatic nitrogens is 1. The molecule has 91 valence electrons. The van der Waals surface area contributed by atoms with E-state index < -0.39 is 0 Å². The summed E-state index contributed by atoms with van der Waals surface area (Å²) in [5, 5.41) is 9.41. The van der Waals surface area contributed by atoms with Gasteiger partial charge in [0.1, 0.15) is 0 Å². The highest BCUT2D eigenvalue weighted by Gasteiger charge is 2.17. The lowest BCUT2D eigenvalue weighted by Crippen LogP contribution is -2.35. The predicted molar refractivity (Wildman–Crippen MR) is 64.4 cm³/mol. The Morgan fingerprint density at radius 2 is 2.24 bits per heavy atom. The lowest BCUT2D eigenvalue weighted by atomic mass is 10.1. The van der Waals surface area contributed by atoms with Crippen LogP contribution in [-0.2, 0) is 6.54 Å². The van der Waals surface area contributed by atoms with Crippen LogP contribution in [0.1, 0.15) is 28.9 Å². The molecule has 1 saturated heterocycles. The molecule has 1 aliphatic heterocycles. The van der Waals surface area contributed by atoms with Crippen molar-refractivity contribution in [2.24, 2.45) is 0 Å². The van der Waals surface area contributed by atoms with Crippen molar-refractivity contribution in [1.82, 2.24) is 9.88 Å². The molecular weight excluding hydrogens is 216 g/mol. The number of carbonyl (C=O) groups excluding carboxylic acids is 1. The number of carbonyl (C=O) groups is 1. The molecule has 0 bridgehead atoms. The number of rotatable bonds is 3. The van der Waals surface area contributed by atoms with E-state index in [9.17, 15) is 9.90 Å². The van der Waals surface area contributed by atoms with Crippen LogP contribution in [0.3, 0.4) is 0 Å². The average Bonchev–Trinajstić information content (AvgIpc) is 2.32. The van der Waals surface area contributed by atoms with Gasteiger partial charge in [0, 0.05) is 38.3 Å². The normalized spacial score (nSPS) is 18.2. The van der Waals surface area contributed by atoms with Gasteiger partial charge in [-0.2, -0.15) is 0 Å². The molecule has 0 aliphatic carbocycles. The van der Waals surface area contributed by atoms with Crippen LogP contribution in [0.4, 0.5) is 0 Å². The number of aliphatic hydroxyl groups is 1. The maximum atomic E-state index is 11.1. The first-order chi connectivity index (χ1) is 8.15. The van der Waals surface area contributed by atoms with E-state index in [4.69, 9.17) is 0 Å². The third kappa shape index (κ3) is 3.35. The largest absolute Gasteiger partial charge is 0.393 e. The van der Waals surface area contributed by atoms with Crippen LogP contribution in [0.15, 0.2) is 18.3 Å². The summed E-state index contributed by atoms with van der Waals surface area (Å²) < 4.78 is 0. The summed E-state index contributed by atoms with van der Waals surface area (Å²) in [6.07, 6.45) is 3.11. The standard InChI is InChI=1S/C13H17N2O2/c1-10(16)11-2-5-14-12(8-11)9-15-6-3-13(17)4-7-15/h2,5,8,13,17H,1,3-4,6-7,9H2. The van der Waals surface area contributed by atoms with Gasteiger partial charge in [0.2, 0.25) is 0 Å². The maximum Gasteiger partial charge on any atom is 0.163 e. The number of likely N-dealkylation sites (tertiary alicyclic amines) is 1. The van der Waals surface area contributed by atoms with Gasteiger partial charge < -0.3 is 5.11 Å². The Balaban J connectivity index is 1.98. The molecule has 4 nitrogen and oxygen atoms in total. The van der Waals surface area contributed by atoms with Crippen LogP contribution < -0.4 is 0 Å². The summed E-state index contributed by atoms with van der Waals surface area (Å²) in [5.74, 6) is -0.178. The van der Waals surface area contributed by atoms with E-state index in [0.717, 1.165) is 38.2 Å². The van der Waals surface area contributed by atoms with E-state index in [1.807, 2.05) is 0 Å². The van der Waals surface area contributed by atoms with Crippen LogP contribution in [0, 0.1) is 6.92 Å². The minimum absolute atomic E-state index is 0.160. The number of pyridine rings is 1. The topological polar surface area (TPSA) is 53.4 Å². The molecule has 1 aromatic rings. The Hall–Kier alpha value is -1.26. The second kappa shape index (κ2) is 5.38. The minimum Gasteiger partial charge on any atom is -0.393 e. The third-order valence-electron chi connectivity index (χ3n) is 3.08. The van der Waals surface area contributed by atoms with Gasteiger partial charge in [0.15, 0.2) is 5.78 Å². The third-order valence-corrected chi connectivity index (χ3v) is 3.08. The van der Waals surface area contributed by atoms with Crippen molar-refractivity contribution >= 4 is 5.78 Å².